The summed E-state index contributed by atoms with van der Waals surface area (Å²) in [6.45, 7) is 0.674. The van der Waals surface area contributed by atoms with E-state index in [1.165, 1.54) is 0 Å². The number of nitrogens with one attached hydrogen (secondary N) is 1. The minimum Gasteiger partial charge on any atom is -0.394 e. The van der Waals surface area contributed by atoms with E-state index >= 15 is 0 Å². The number of aliphatic hydroxyl groups excluding tert-OH is 7. The van der Waals surface area contributed by atoms with Crippen molar-refractivity contribution in [3.8, 4) is 0 Å². The number of hydrogen-bond donors (Lipinski definition) is 9. The smallest absolute Gasteiger partial charge is 0.108 e. The van der Waals surface area contributed by atoms with Crippen LogP contribution < -0.4 is 11.1 Å². The van der Waals surface area contributed by atoms with Gasteiger partial charge < -0.3 is 56.3 Å². The number of hydrogen-bond acceptors (Lipinski definition) is 11. The molecule has 0 radical (unpaired) electrons. The van der Waals surface area contributed by atoms with Gasteiger partial charge in [-0.3, -0.25) is 0 Å². The summed E-state index contributed by atoms with van der Waals surface area (Å²) in [6.07, 6.45) is -6.42. The summed E-state index contributed by atoms with van der Waals surface area (Å²) in [5, 5.41) is 72.2. The molecule has 11 heteroatoms. The Balaban J connectivity index is 2.73. The zero-order valence-electron chi connectivity index (χ0n) is 16.9. The van der Waals surface area contributed by atoms with Crippen molar-refractivity contribution in [2.24, 2.45) is 17.6 Å². The summed E-state index contributed by atoms with van der Waals surface area (Å²) in [6, 6.07) is 0. The fourth-order valence-corrected chi connectivity index (χ4v) is 3.64. The monoisotopic (exact) mass is 426 g/mol. The van der Waals surface area contributed by atoms with Crippen LogP contribution >= 0.6 is 0 Å². The molecule has 1 heterocycles. The second-order valence-electron chi connectivity index (χ2n) is 7.50. The van der Waals surface area contributed by atoms with Crippen molar-refractivity contribution in [2.45, 2.75) is 62.5 Å². The van der Waals surface area contributed by atoms with E-state index in [4.69, 9.17) is 20.3 Å². The lowest BCUT2D eigenvalue weighted by Crippen LogP contribution is -2.56. The highest BCUT2D eigenvalue weighted by Crippen LogP contribution is 2.30. The highest BCUT2D eigenvalue weighted by Gasteiger charge is 2.43. The van der Waals surface area contributed by atoms with Crippen molar-refractivity contribution >= 4 is 0 Å². The van der Waals surface area contributed by atoms with Gasteiger partial charge in [-0.15, -0.1) is 0 Å². The summed E-state index contributed by atoms with van der Waals surface area (Å²) in [4.78, 5) is 0. The summed E-state index contributed by atoms with van der Waals surface area (Å²) in [5.74, 6) is -1.42. The van der Waals surface area contributed by atoms with E-state index in [1.807, 2.05) is 6.92 Å². The SMILES string of the molecule is CCCC1C(O)C(CO)OC(COCC(C(O)CNCN)C(O)C(O)CO)C1O. The lowest BCUT2D eigenvalue weighted by Gasteiger charge is -2.42. The fraction of sp³-hybridized carbons (Fsp3) is 1.00. The molecule has 11 nitrogen and oxygen atoms in total. The van der Waals surface area contributed by atoms with Crippen molar-refractivity contribution < 1.29 is 45.2 Å². The van der Waals surface area contributed by atoms with Crippen LogP contribution in [0.2, 0.25) is 0 Å². The van der Waals surface area contributed by atoms with Gasteiger partial charge in [0, 0.05) is 25.0 Å². The van der Waals surface area contributed by atoms with Crippen LogP contribution in [-0.2, 0) is 9.47 Å². The second-order valence-corrected chi connectivity index (χ2v) is 7.50. The average molecular weight is 427 g/mol. The molecule has 0 saturated carbocycles. The van der Waals surface area contributed by atoms with Gasteiger partial charge in [0.1, 0.15) is 18.3 Å². The fourth-order valence-electron chi connectivity index (χ4n) is 3.64. The Morgan fingerprint density at radius 2 is 1.72 bits per heavy atom. The molecule has 10 N–H and O–H groups in total. The molecule has 1 saturated heterocycles. The van der Waals surface area contributed by atoms with Crippen LogP contribution in [0.3, 0.4) is 0 Å². The van der Waals surface area contributed by atoms with Crippen molar-refractivity contribution in [1.82, 2.24) is 5.32 Å². The minimum atomic E-state index is -1.46. The molecule has 0 aromatic carbocycles. The highest BCUT2D eigenvalue weighted by molar-refractivity contribution is 4.92. The molecule has 0 spiro atoms. The molecule has 1 rings (SSSR count). The van der Waals surface area contributed by atoms with Crippen molar-refractivity contribution in [1.29, 1.82) is 0 Å². The van der Waals surface area contributed by atoms with E-state index in [0.29, 0.717) is 6.42 Å². The molecule has 9 atom stereocenters. The molecule has 0 bridgehead atoms. The third-order valence-corrected chi connectivity index (χ3v) is 5.40. The first-order valence-corrected chi connectivity index (χ1v) is 10.1. The maximum absolute atomic E-state index is 10.5. The van der Waals surface area contributed by atoms with Crippen LogP contribution in [-0.4, -0.2) is 118 Å². The lowest BCUT2D eigenvalue weighted by molar-refractivity contribution is -0.224. The van der Waals surface area contributed by atoms with E-state index in [9.17, 15) is 30.6 Å². The van der Waals surface area contributed by atoms with E-state index in [2.05, 4.69) is 5.32 Å². The van der Waals surface area contributed by atoms with Crippen LogP contribution in [0.5, 0.6) is 0 Å². The maximum Gasteiger partial charge on any atom is 0.108 e. The Kier molecular flexibility index (Phi) is 12.6. The quantitative estimate of drug-likeness (QED) is 0.123. The third kappa shape index (κ3) is 7.64. The highest BCUT2D eigenvalue weighted by atomic mass is 16.6. The lowest BCUT2D eigenvalue weighted by atomic mass is 9.83. The Labute approximate surface area is 171 Å². The van der Waals surface area contributed by atoms with Gasteiger partial charge in [0.2, 0.25) is 0 Å². The second kappa shape index (κ2) is 13.8. The van der Waals surface area contributed by atoms with Crippen LogP contribution in [0.25, 0.3) is 0 Å². The number of rotatable bonds is 14. The van der Waals surface area contributed by atoms with E-state index in [-0.39, 0.29) is 26.4 Å². The summed E-state index contributed by atoms with van der Waals surface area (Å²) < 4.78 is 11.1. The number of ether oxygens (including phenoxy) is 2. The summed E-state index contributed by atoms with van der Waals surface area (Å²) >= 11 is 0. The van der Waals surface area contributed by atoms with Crippen LogP contribution in [0.15, 0.2) is 0 Å². The molecular formula is C18H38N2O9. The molecule has 9 unspecified atom stereocenters. The van der Waals surface area contributed by atoms with Crippen LogP contribution in [0, 0.1) is 11.8 Å². The first kappa shape index (κ1) is 26.6. The van der Waals surface area contributed by atoms with Crippen molar-refractivity contribution in [2.75, 3.05) is 39.6 Å². The molecule has 0 amide bonds. The standard InChI is InChI=1S/C18H38N2O9/c1-2-3-10-17(26)14(6-22)29-15(18(10)27)8-28-7-11(12(23)4-20-9-19)16(25)13(24)5-21/h10-18,20-27H,2-9,19H2,1H3. The zero-order valence-corrected chi connectivity index (χ0v) is 16.9. The van der Waals surface area contributed by atoms with Gasteiger partial charge in [-0.1, -0.05) is 13.3 Å². The molecule has 0 aromatic rings. The van der Waals surface area contributed by atoms with Gasteiger partial charge in [0.25, 0.3) is 0 Å². The number of aliphatic hydroxyl groups is 7. The Morgan fingerprint density at radius 1 is 1.07 bits per heavy atom. The molecule has 0 aromatic heterocycles. The average Bonchev–Trinajstić information content (AvgIpc) is 2.72. The predicted octanol–water partition coefficient (Wildman–Crippen LogP) is -3.90. The largest absolute Gasteiger partial charge is 0.394 e. The zero-order chi connectivity index (χ0) is 22.0. The third-order valence-electron chi connectivity index (χ3n) is 5.40. The van der Waals surface area contributed by atoms with E-state index in [1.54, 1.807) is 0 Å². The van der Waals surface area contributed by atoms with Gasteiger partial charge in [-0.05, 0) is 6.42 Å². The van der Waals surface area contributed by atoms with Crippen molar-refractivity contribution in [3.63, 3.8) is 0 Å². The Hall–Kier alpha value is -0.440. The maximum atomic E-state index is 10.5. The molecular weight excluding hydrogens is 388 g/mol. The number of nitrogens with two attached hydrogens (primary N) is 1. The van der Waals surface area contributed by atoms with Crippen LogP contribution in [0.4, 0.5) is 0 Å². The normalized spacial score (nSPS) is 32.0. The van der Waals surface area contributed by atoms with Gasteiger partial charge in [-0.2, -0.15) is 0 Å². The van der Waals surface area contributed by atoms with Gasteiger partial charge >= 0.3 is 0 Å². The van der Waals surface area contributed by atoms with Crippen LogP contribution in [0.1, 0.15) is 19.8 Å². The minimum absolute atomic E-state index is 0.0413. The molecule has 174 valence electrons. The van der Waals surface area contributed by atoms with E-state index < -0.39 is 67.8 Å². The van der Waals surface area contributed by atoms with Gasteiger partial charge in [-0.25, -0.2) is 0 Å². The first-order valence-electron chi connectivity index (χ1n) is 10.1. The molecule has 1 aliphatic heterocycles. The van der Waals surface area contributed by atoms with Crippen molar-refractivity contribution in [3.05, 3.63) is 0 Å². The molecule has 1 fully saturated rings. The summed E-state index contributed by atoms with van der Waals surface area (Å²) in [5.41, 5.74) is 5.34. The molecule has 29 heavy (non-hydrogen) atoms. The van der Waals surface area contributed by atoms with Gasteiger partial charge in [0.05, 0.1) is 50.8 Å². The van der Waals surface area contributed by atoms with E-state index in [0.717, 1.165) is 6.42 Å². The Morgan fingerprint density at radius 3 is 2.28 bits per heavy atom. The summed E-state index contributed by atoms with van der Waals surface area (Å²) in [7, 11) is 0. The predicted molar refractivity (Wildman–Crippen MR) is 103 cm³/mol. The first-order chi connectivity index (χ1) is 13.8. The molecule has 1 aliphatic rings. The Bertz CT molecular complexity index is 434. The topological polar surface area (TPSA) is 198 Å². The molecule has 0 aliphatic carbocycles. The van der Waals surface area contributed by atoms with Gasteiger partial charge in [0.15, 0.2) is 0 Å².